The van der Waals surface area contributed by atoms with Gasteiger partial charge >= 0.3 is 10.2 Å². The lowest BCUT2D eigenvalue weighted by Crippen LogP contribution is -2.55. The van der Waals surface area contributed by atoms with E-state index in [-0.39, 0.29) is 24.9 Å². The smallest absolute Gasteiger partial charge is 0.304 e. The van der Waals surface area contributed by atoms with Gasteiger partial charge in [-0.1, -0.05) is 79.7 Å². The van der Waals surface area contributed by atoms with E-state index in [1.807, 2.05) is 75.4 Å². The molecular formula is C31H40N4O4S. The Labute approximate surface area is 238 Å². The van der Waals surface area contributed by atoms with Gasteiger partial charge in [0.15, 0.2) is 0 Å². The minimum Gasteiger partial charge on any atom is -0.352 e. The number of benzene rings is 3. The molecule has 0 heterocycles. The Morgan fingerprint density at radius 2 is 1.45 bits per heavy atom. The van der Waals surface area contributed by atoms with Crippen LogP contribution in [0.3, 0.4) is 0 Å². The van der Waals surface area contributed by atoms with Crippen molar-refractivity contribution in [3.8, 4) is 0 Å². The van der Waals surface area contributed by atoms with Gasteiger partial charge in [0.2, 0.25) is 11.8 Å². The predicted octanol–water partition coefficient (Wildman–Crippen LogP) is 4.16. The molecule has 0 fully saturated rings. The van der Waals surface area contributed by atoms with Crippen LogP contribution in [0, 0.1) is 6.92 Å². The molecule has 0 aromatic heterocycles. The quantitative estimate of drug-likeness (QED) is 0.338. The number of amides is 2. The lowest BCUT2D eigenvalue weighted by atomic mass is 10.0. The molecule has 0 aliphatic heterocycles. The number of rotatable bonds is 13. The van der Waals surface area contributed by atoms with Gasteiger partial charge in [-0.3, -0.25) is 9.59 Å². The van der Waals surface area contributed by atoms with Crippen LogP contribution in [-0.2, 0) is 32.8 Å². The molecule has 0 spiro atoms. The van der Waals surface area contributed by atoms with Crippen molar-refractivity contribution >= 4 is 27.7 Å². The van der Waals surface area contributed by atoms with Crippen molar-refractivity contribution in [2.24, 2.45) is 0 Å². The number of carbonyl (C=O) groups excluding carboxylic acids is 2. The van der Waals surface area contributed by atoms with E-state index in [1.54, 1.807) is 30.3 Å². The molecule has 2 amide bonds. The SMILES string of the molecule is CC[C@@H](C)NC(=O)[C@H](Cc1ccccc1)N(Cc1ccccc1C)C(=O)CN(c1ccccc1)S(=O)(=O)N(C)C. The maximum absolute atomic E-state index is 14.2. The van der Waals surface area contributed by atoms with Gasteiger partial charge in [0.25, 0.3) is 0 Å². The number of hydrogen-bond acceptors (Lipinski definition) is 4. The number of hydrogen-bond donors (Lipinski definition) is 1. The second kappa shape index (κ2) is 14.1. The second-order valence-corrected chi connectivity index (χ2v) is 12.2. The third kappa shape index (κ3) is 7.92. The topological polar surface area (TPSA) is 90.0 Å². The second-order valence-electron chi connectivity index (χ2n) is 10.1. The average Bonchev–Trinajstić information content (AvgIpc) is 2.95. The van der Waals surface area contributed by atoms with E-state index in [2.05, 4.69) is 5.32 Å². The number of nitrogens with one attached hydrogen (secondary N) is 1. The molecule has 214 valence electrons. The highest BCUT2D eigenvalue weighted by molar-refractivity contribution is 7.90. The van der Waals surface area contributed by atoms with Gasteiger partial charge < -0.3 is 10.2 Å². The molecule has 0 aliphatic rings. The molecule has 0 saturated heterocycles. The van der Waals surface area contributed by atoms with Crippen LogP contribution in [0.1, 0.15) is 37.0 Å². The summed E-state index contributed by atoms with van der Waals surface area (Å²) in [4.78, 5) is 29.5. The van der Waals surface area contributed by atoms with Crippen LogP contribution in [0.4, 0.5) is 5.69 Å². The zero-order valence-corrected chi connectivity index (χ0v) is 24.8. The lowest BCUT2D eigenvalue weighted by Gasteiger charge is -2.35. The van der Waals surface area contributed by atoms with E-state index in [0.29, 0.717) is 5.69 Å². The zero-order chi connectivity index (χ0) is 29.3. The van der Waals surface area contributed by atoms with Crippen LogP contribution in [0.5, 0.6) is 0 Å². The summed E-state index contributed by atoms with van der Waals surface area (Å²) >= 11 is 0. The number of aryl methyl sites for hydroxylation is 1. The van der Waals surface area contributed by atoms with E-state index < -0.39 is 28.7 Å². The minimum atomic E-state index is -4.01. The van der Waals surface area contributed by atoms with E-state index in [4.69, 9.17) is 0 Å². The van der Waals surface area contributed by atoms with Crippen LogP contribution in [-0.4, -0.2) is 62.2 Å². The van der Waals surface area contributed by atoms with Gasteiger partial charge in [-0.05, 0) is 49.1 Å². The first-order valence-electron chi connectivity index (χ1n) is 13.5. The third-order valence-corrected chi connectivity index (χ3v) is 8.76. The molecule has 40 heavy (non-hydrogen) atoms. The number of para-hydroxylation sites is 1. The van der Waals surface area contributed by atoms with E-state index in [0.717, 1.165) is 31.7 Å². The summed E-state index contributed by atoms with van der Waals surface area (Å²) in [6.07, 6.45) is 1.02. The molecular weight excluding hydrogens is 524 g/mol. The first-order chi connectivity index (χ1) is 19.0. The van der Waals surface area contributed by atoms with Gasteiger partial charge in [0.05, 0.1) is 5.69 Å². The maximum atomic E-state index is 14.2. The molecule has 8 nitrogen and oxygen atoms in total. The normalized spacial score (nSPS) is 12.9. The Kier molecular flexibility index (Phi) is 10.9. The first-order valence-corrected chi connectivity index (χ1v) is 14.9. The summed E-state index contributed by atoms with van der Waals surface area (Å²) < 4.78 is 28.9. The largest absolute Gasteiger partial charge is 0.352 e. The first kappa shape index (κ1) is 30.8. The standard InChI is InChI=1S/C31H40N4O4S/c1-6-25(3)32-31(37)29(21-26-16-9-7-10-17-26)34(22-27-18-14-13-15-24(27)2)30(36)23-35(40(38,39)33(4)5)28-19-11-8-12-20-28/h7-20,25,29H,6,21-23H2,1-5H3,(H,32,37)/t25-,29+/m1/s1. The fourth-order valence-electron chi connectivity index (χ4n) is 4.28. The Bertz CT molecular complexity index is 1360. The van der Waals surface area contributed by atoms with Crippen LogP contribution < -0.4 is 9.62 Å². The van der Waals surface area contributed by atoms with Crippen molar-refractivity contribution in [3.05, 3.63) is 102 Å². The highest BCUT2D eigenvalue weighted by atomic mass is 32.2. The average molecular weight is 565 g/mol. The fraction of sp³-hybridized carbons (Fsp3) is 0.355. The highest BCUT2D eigenvalue weighted by Gasteiger charge is 2.35. The van der Waals surface area contributed by atoms with Crippen molar-refractivity contribution in [2.45, 2.75) is 52.2 Å². The molecule has 0 saturated carbocycles. The fourth-order valence-corrected chi connectivity index (χ4v) is 5.33. The Balaban J connectivity index is 2.09. The molecule has 3 rings (SSSR count). The molecule has 0 unspecified atom stereocenters. The van der Waals surface area contributed by atoms with Crippen LogP contribution in [0.15, 0.2) is 84.9 Å². The summed E-state index contributed by atoms with van der Waals surface area (Å²) in [6.45, 7) is 5.55. The Morgan fingerprint density at radius 3 is 2.02 bits per heavy atom. The molecule has 3 aromatic rings. The predicted molar refractivity (Wildman–Crippen MR) is 160 cm³/mol. The lowest BCUT2D eigenvalue weighted by molar-refractivity contribution is -0.140. The molecule has 1 N–H and O–H groups in total. The van der Waals surface area contributed by atoms with Gasteiger partial charge in [0, 0.05) is 33.1 Å². The summed E-state index contributed by atoms with van der Waals surface area (Å²) in [5.41, 5.74) is 3.12. The Morgan fingerprint density at radius 1 is 0.875 bits per heavy atom. The summed E-state index contributed by atoms with van der Waals surface area (Å²) in [5, 5.41) is 3.05. The number of anilines is 1. The van der Waals surface area contributed by atoms with Crippen molar-refractivity contribution in [3.63, 3.8) is 0 Å². The molecule has 9 heteroatoms. The van der Waals surface area contributed by atoms with Gasteiger partial charge in [-0.15, -0.1) is 0 Å². The molecule has 0 aliphatic carbocycles. The van der Waals surface area contributed by atoms with Gasteiger partial charge in [-0.2, -0.15) is 12.7 Å². The molecule has 2 atom stereocenters. The van der Waals surface area contributed by atoms with Crippen LogP contribution in [0.25, 0.3) is 0 Å². The van der Waals surface area contributed by atoms with E-state index in [1.165, 1.54) is 19.0 Å². The molecule has 3 aromatic carbocycles. The minimum absolute atomic E-state index is 0.0869. The van der Waals surface area contributed by atoms with E-state index >= 15 is 0 Å². The Hall–Kier alpha value is -3.69. The van der Waals surface area contributed by atoms with Crippen LogP contribution in [0.2, 0.25) is 0 Å². The number of nitrogens with zero attached hydrogens (tertiary/aromatic N) is 3. The molecule has 0 radical (unpaired) electrons. The van der Waals surface area contributed by atoms with Gasteiger partial charge in [0.1, 0.15) is 12.6 Å². The van der Waals surface area contributed by atoms with Crippen molar-refractivity contribution < 1.29 is 18.0 Å². The number of carbonyl (C=O) groups is 2. The van der Waals surface area contributed by atoms with Crippen molar-refractivity contribution in [1.82, 2.24) is 14.5 Å². The molecule has 0 bridgehead atoms. The van der Waals surface area contributed by atoms with Gasteiger partial charge in [-0.25, -0.2) is 4.31 Å². The van der Waals surface area contributed by atoms with Crippen molar-refractivity contribution in [1.29, 1.82) is 0 Å². The summed E-state index contributed by atoms with van der Waals surface area (Å²) in [7, 11) is -1.15. The van der Waals surface area contributed by atoms with Crippen molar-refractivity contribution in [2.75, 3.05) is 24.9 Å². The summed E-state index contributed by atoms with van der Waals surface area (Å²) in [6, 6.07) is 24.8. The zero-order valence-electron chi connectivity index (χ0n) is 23.9. The van der Waals surface area contributed by atoms with Crippen LogP contribution >= 0.6 is 0 Å². The highest BCUT2D eigenvalue weighted by Crippen LogP contribution is 2.22. The summed E-state index contributed by atoms with van der Waals surface area (Å²) in [5.74, 6) is -0.750. The maximum Gasteiger partial charge on any atom is 0.304 e. The third-order valence-electron chi connectivity index (χ3n) is 6.94. The van der Waals surface area contributed by atoms with E-state index in [9.17, 15) is 18.0 Å². The monoisotopic (exact) mass is 564 g/mol.